The van der Waals surface area contributed by atoms with Gasteiger partial charge in [-0.1, -0.05) is 30.7 Å². The van der Waals surface area contributed by atoms with Gasteiger partial charge in [-0.15, -0.1) is 11.3 Å². The molecular formula is C14H12ClN3OS. The molecule has 0 aliphatic rings. The van der Waals surface area contributed by atoms with Gasteiger partial charge in [0.05, 0.1) is 16.8 Å². The van der Waals surface area contributed by atoms with Crippen LogP contribution in [0.1, 0.15) is 17.8 Å². The lowest BCUT2D eigenvalue weighted by atomic mass is 10.3. The summed E-state index contributed by atoms with van der Waals surface area (Å²) in [5.41, 5.74) is 0.821. The van der Waals surface area contributed by atoms with Gasteiger partial charge in [-0.2, -0.15) is 0 Å². The smallest absolute Gasteiger partial charge is 0.255 e. The molecule has 0 bridgehead atoms. The quantitative estimate of drug-likeness (QED) is 0.699. The molecule has 0 aliphatic carbocycles. The fourth-order valence-corrected chi connectivity index (χ4v) is 3.23. The van der Waals surface area contributed by atoms with Crippen molar-refractivity contribution >= 4 is 33.2 Å². The highest BCUT2D eigenvalue weighted by atomic mass is 35.5. The number of thiazole rings is 1. The summed E-state index contributed by atoms with van der Waals surface area (Å²) in [6.45, 7) is 2.39. The van der Waals surface area contributed by atoms with Gasteiger partial charge in [0.15, 0.2) is 0 Å². The second kappa shape index (κ2) is 5.34. The predicted octanol–water partition coefficient (Wildman–Crippen LogP) is 3.12. The van der Waals surface area contributed by atoms with Crippen LogP contribution in [-0.4, -0.2) is 14.5 Å². The highest BCUT2D eigenvalue weighted by molar-refractivity contribution is 7.18. The van der Waals surface area contributed by atoms with Crippen LogP contribution in [-0.2, 0) is 13.0 Å². The van der Waals surface area contributed by atoms with Crippen molar-refractivity contribution in [2.45, 2.75) is 19.9 Å². The Bertz CT molecular complexity index is 792. The molecule has 0 fully saturated rings. The maximum absolute atomic E-state index is 12.1. The summed E-state index contributed by atoms with van der Waals surface area (Å²) >= 11 is 7.42. The van der Waals surface area contributed by atoms with Crippen LogP contribution in [0.3, 0.4) is 0 Å². The van der Waals surface area contributed by atoms with Crippen molar-refractivity contribution in [1.82, 2.24) is 14.5 Å². The number of para-hydroxylation sites is 1. The maximum atomic E-state index is 12.1. The van der Waals surface area contributed by atoms with E-state index in [0.29, 0.717) is 18.8 Å². The molecule has 0 saturated carbocycles. The van der Waals surface area contributed by atoms with Gasteiger partial charge in [0.25, 0.3) is 5.56 Å². The van der Waals surface area contributed by atoms with E-state index in [1.807, 2.05) is 31.2 Å². The Balaban J connectivity index is 2.04. The minimum absolute atomic E-state index is 0.138. The van der Waals surface area contributed by atoms with Crippen LogP contribution < -0.4 is 5.56 Å². The Kier molecular flexibility index (Phi) is 3.54. The molecule has 0 spiro atoms. The van der Waals surface area contributed by atoms with Gasteiger partial charge in [0.2, 0.25) is 0 Å². The van der Waals surface area contributed by atoms with Gasteiger partial charge in [0, 0.05) is 12.5 Å². The van der Waals surface area contributed by atoms with Crippen LogP contribution in [0, 0.1) is 0 Å². The molecular weight excluding hydrogens is 294 g/mol. The van der Waals surface area contributed by atoms with E-state index in [4.69, 9.17) is 11.6 Å². The fourth-order valence-electron chi connectivity index (χ4n) is 2.08. The Hall–Kier alpha value is -1.72. The van der Waals surface area contributed by atoms with Crippen molar-refractivity contribution in [3.63, 3.8) is 0 Å². The topological polar surface area (TPSA) is 47.8 Å². The highest BCUT2D eigenvalue weighted by Crippen LogP contribution is 2.22. The normalized spacial score (nSPS) is 11.1. The van der Waals surface area contributed by atoms with Crippen LogP contribution in [0.15, 0.2) is 35.1 Å². The summed E-state index contributed by atoms with van der Waals surface area (Å²) in [4.78, 5) is 20.8. The molecule has 3 aromatic rings. The number of benzene rings is 1. The Morgan fingerprint density at radius 3 is 2.85 bits per heavy atom. The molecule has 6 heteroatoms. The molecule has 102 valence electrons. The van der Waals surface area contributed by atoms with Crippen LogP contribution in [0.25, 0.3) is 10.2 Å². The summed E-state index contributed by atoms with van der Waals surface area (Å²) in [6, 6.07) is 9.28. The van der Waals surface area contributed by atoms with Gasteiger partial charge in [0.1, 0.15) is 16.0 Å². The van der Waals surface area contributed by atoms with Gasteiger partial charge in [-0.3, -0.25) is 9.36 Å². The van der Waals surface area contributed by atoms with Crippen LogP contribution in [0.5, 0.6) is 0 Å². The van der Waals surface area contributed by atoms with Gasteiger partial charge in [-0.05, 0) is 12.1 Å². The van der Waals surface area contributed by atoms with E-state index in [0.717, 1.165) is 15.2 Å². The van der Waals surface area contributed by atoms with E-state index in [1.165, 1.54) is 6.07 Å². The van der Waals surface area contributed by atoms with Crippen LogP contribution in [0.2, 0.25) is 5.15 Å². The Morgan fingerprint density at radius 2 is 2.10 bits per heavy atom. The molecule has 0 radical (unpaired) electrons. The van der Waals surface area contributed by atoms with Crippen molar-refractivity contribution in [1.29, 1.82) is 0 Å². The second-order valence-corrected chi connectivity index (χ2v) is 5.85. The van der Waals surface area contributed by atoms with E-state index in [9.17, 15) is 4.79 Å². The molecule has 20 heavy (non-hydrogen) atoms. The number of rotatable bonds is 3. The molecule has 0 unspecified atom stereocenters. The predicted molar refractivity (Wildman–Crippen MR) is 81.6 cm³/mol. The Labute approximate surface area is 124 Å². The SMILES string of the molecule is CCc1nc(Cl)cc(=O)n1Cc1nc2ccccc2s1. The maximum Gasteiger partial charge on any atom is 0.255 e. The van der Waals surface area contributed by atoms with Crippen molar-refractivity contribution in [3.8, 4) is 0 Å². The minimum atomic E-state index is -0.138. The molecule has 3 rings (SSSR count). The number of fused-ring (bicyclic) bond motifs is 1. The van der Waals surface area contributed by atoms with Crippen molar-refractivity contribution in [2.75, 3.05) is 0 Å². The van der Waals surface area contributed by atoms with Crippen LogP contribution in [0.4, 0.5) is 0 Å². The molecule has 0 aliphatic heterocycles. The average Bonchev–Trinajstić information content (AvgIpc) is 2.83. The van der Waals surface area contributed by atoms with E-state index in [1.54, 1.807) is 15.9 Å². The summed E-state index contributed by atoms with van der Waals surface area (Å²) in [5.74, 6) is 0.682. The summed E-state index contributed by atoms with van der Waals surface area (Å²) in [7, 11) is 0. The molecule has 0 amide bonds. The third-order valence-corrected chi connectivity index (χ3v) is 4.22. The van der Waals surface area contributed by atoms with E-state index in [-0.39, 0.29) is 10.7 Å². The number of nitrogens with zero attached hydrogens (tertiary/aromatic N) is 3. The highest BCUT2D eigenvalue weighted by Gasteiger charge is 2.10. The van der Waals surface area contributed by atoms with Gasteiger partial charge in [-0.25, -0.2) is 9.97 Å². The fraction of sp³-hybridized carbons (Fsp3) is 0.214. The molecule has 1 aromatic carbocycles. The zero-order valence-electron chi connectivity index (χ0n) is 10.8. The zero-order chi connectivity index (χ0) is 14.1. The third kappa shape index (κ3) is 2.46. The lowest BCUT2D eigenvalue weighted by molar-refractivity contribution is 0.673. The number of hydrogen-bond acceptors (Lipinski definition) is 4. The zero-order valence-corrected chi connectivity index (χ0v) is 12.4. The number of aromatic nitrogens is 3. The monoisotopic (exact) mass is 305 g/mol. The van der Waals surface area contributed by atoms with Crippen molar-refractivity contribution in [3.05, 3.63) is 56.7 Å². The van der Waals surface area contributed by atoms with Crippen molar-refractivity contribution < 1.29 is 0 Å². The number of aryl methyl sites for hydroxylation is 1. The first-order chi connectivity index (χ1) is 9.67. The first-order valence-electron chi connectivity index (χ1n) is 6.28. The molecule has 2 heterocycles. The average molecular weight is 306 g/mol. The van der Waals surface area contributed by atoms with E-state index in [2.05, 4.69) is 9.97 Å². The minimum Gasteiger partial charge on any atom is -0.290 e. The standard InChI is InChI=1S/C14H12ClN3OS/c1-2-12-17-11(15)7-14(19)18(12)8-13-16-9-5-3-4-6-10(9)20-13/h3-7H,2,8H2,1H3. The lowest BCUT2D eigenvalue weighted by Crippen LogP contribution is -2.24. The van der Waals surface area contributed by atoms with Crippen LogP contribution >= 0.6 is 22.9 Å². The summed E-state index contributed by atoms with van der Waals surface area (Å²) in [6.07, 6.45) is 0.653. The lowest BCUT2D eigenvalue weighted by Gasteiger charge is -2.08. The summed E-state index contributed by atoms with van der Waals surface area (Å²) < 4.78 is 2.75. The first kappa shape index (κ1) is 13.3. The molecule has 0 N–H and O–H groups in total. The number of hydrogen-bond donors (Lipinski definition) is 0. The second-order valence-electron chi connectivity index (χ2n) is 4.35. The molecule has 4 nitrogen and oxygen atoms in total. The molecule has 0 saturated heterocycles. The molecule has 0 atom stereocenters. The summed E-state index contributed by atoms with van der Waals surface area (Å²) in [5, 5.41) is 1.14. The van der Waals surface area contributed by atoms with E-state index < -0.39 is 0 Å². The number of halogens is 1. The van der Waals surface area contributed by atoms with Crippen molar-refractivity contribution in [2.24, 2.45) is 0 Å². The third-order valence-electron chi connectivity index (χ3n) is 3.00. The first-order valence-corrected chi connectivity index (χ1v) is 7.47. The Morgan fingerprint density at radius 1 is 1.30 bits per heavy atom. The van der Waals surface area contributed by atoms with Gasteiger partial charge < -0.3 is 0 Å². The van der Waals surface area contributed by atoms with E-state index >= 15 is 0 Å². The molecule has 2 aromatic heterocycles. The largest absolute Gasteiger partial charge is 0.290 e. The van der Waals surface area contributed by atoms with Gasteiger partial charge >= 0.3 is 0 Å².